The number of hydrogen-bond acceptors (Lipinski definition) is 5. The summed E-state index contributed by atoms with van der Waals surface area (Å²) in [6.45, 7) is 0. The van der Waals surface area contributed by atoms with Crippen LogP contribution >= 0.6 is 0 Å². The summed E-state index contributed by atoms with van der Waals surface area (Å²) in [5, 5.41) is 6.34. The lowest BCUT2D eigenvalue weighted by Crippen LogP contribution is -1.99. The van der Waals surface area contributed by atoms with Crippen LogP contribution in [0.1, 0.15) is 0 Å². The molecular weight excluding hydrogens is 384 g/mol. The number of anilines is 2. The Morgan fingerprint density at radius 3 is 1.84 bits per heavy atom. The zero-order valence-electron chi connectivity index (χ0n) is 16.6. The van der Waals surface area contributed by atoms with Gasteiger partial charge in [0.2, 0.25) is 0 Å². The summed E-state index contributed by atoms with van der Waals surface area (Å²) in [5.41, 5.74) is 7.35. The largest absolute Gasteiger partial charge is 0.354 e. The molecule has 1 heterocycles. The normalized spacial score (nSPS) is 10.7. The third kappa shape index (κ3) is 3.76. The highest BCUT2D eigenvalue weighted by Crippen LogP contribution is 2.33. The fraction of sp³-hybridized carbons (Fsp3) is 0. The Morgan fingerprint density at radius 1 is 0.613 bits per heavy atom. The van der Waals surface area contributed by atoms with E-state index in [1.165, 1.54) is 0 Å². The molecule has 5 heteroatoms. The van der Waals surface area contributed by atoms with Crippen molar-refractivity contribution in [2.45, 2.75) is 0 Å². The van der Waals surface area contributed by atoms with Crippen LogP contribution in [-0.2, 0) is 0 Å². The van der Waals surface area contributed by atoms with Crippen LogP contribution in [0.2, 0.25) is 0 Å². The van der Waals surface area contributed by atoms with Gasteiger partial charge in [-0.05, 0) is 41.6 Å². The van der Waals surface area contributed by atoms with E-state index in [9.17, 15) is 4.91 Å². The van der Waals surface area contributed by atoms with E-state index in [2.05, 4.69) is 10.5 Å². The molecule has 0 radical (unpaired) electrons. The van der Waals surface area contributed by atoms with Crippen LogP contribution in [0.15, 0.2) is 108 Å². The average Bonchev–Trinajstić information content (AvgIpc) is 2.85. The zero-order chi connectivity index (χ0) is 21.0. The molecule has 0 saturated carbocycles. The fourth-order valence-electron chi connectivity index (χ4n) is 3.53. The van der Waals surface area contributed by atoms with Crippen molar-refractivity contribution in [3.63, 3.8) is 0 Å². The van der Waals surface area contributed by atoms with Gasteiger partial charge in [-0.3, -0.25) is 0 Å². The van der Waals surface area contributed by atoms with Gasteiger partial charge in [-0.1, -0.05) is 66.7 Å². The molecule has 148 valence electrons. The number of aromatic nitrogens is 2. The summed E-state index contributed by atoms with van der Waals surface area (Å²) in [4.78, 5) is 20.7. The molecule has 31 heavy (non-hydrogen) atoms. The van der Waals surface area contributed by atoms with E-state index < -0.39 is 0 Å². The molecule has 1 N–H and O–H groups in total. The molecule has 0 amide bonds. The Bertz CT molecular complexity index is 1350. The molecule has 0 aliphatic heterocycles. The topological polar surface area (TPSA) is 67.2 Å². The lowest BCUT2D eigenvalue weighted by molar-refractivity contribution is 1.29. The summed E-state index contributed by atoms with van der Waals surface area (Å²) in [6.07, 6.45) is 0. The van der Waals surface area contributed by atoms with Gasteiger partial charge in [-0.2, -0.15) is 0 Å². The maximum Gasteiger partial charge on any atom is 0.113 e. The van der Waals surface area contributed by atoms with Gasteiger partial charge in [-0.15, -0.1) is 4.91 Å². The number of nitrogens with zero attached hydrogens (tertiary/aromatic N) is 3. The Balaban J connectivity index is 1.68. The predicted octanol–water partition coefficient (Wildman–Crippen LogP) is 7.11. The number of benzene rings is 4. The van der Waals surface area contributed by atoms with Crippen LogP contribution < -0.4 is 5.32 Å². The molecule has 0 fully saturated rings. The molecule has 5 rings (SSSR count). The number of nitroso groups, excluding NO2 is 1. The first-order chi connectivity index (χ1) is 15.3. The Hall–Kier alpha value is -4.38. The smallest absolute Gasteiger partial charge is 0.113 e. The van der Waals surface area contributed by atoms with E-state index in [4.69, 9.17) is 9.97 Å². The lowest BCUT2D eigenvalue weighted by atomic mass is 10.0. The SMILES string of the molecule is O=Nc1ccc(Nc2cccc3nc(-c4ccccc4)c(-c4ccccc4)nc23)cc1. The van der Waals surface area contributed by atoms with Gasteiger partial charge >= 0.3 is 0 Å². The van der Waals surface area contributed by atoms with Crippen molar-refractivity contribution in [2.75, 3.05) is 5.32 Å². The molecule has 5 nitrogen and oxygen atoms in total. The van der Waals surface area contributed by atoms with Crippen molar-refractivity contribution < 1.29 is 0 Å². The maximum absolute atomic E-state index is 10.7. The van der Waals surface area contributed by atoms with Crippen molar-refractivity contribution in [3.8, 4) is 22.5 Å². The van der Waals surface area contributed by atoms with Crippen LogP contribution in [0.5, 0.6) is 0 Å². The Morgan fingerprint density at radius 2 is 1.23 bits per heavy atom. The number of para-hydroxylation sites is 1. The highest BCUT2D eigenvalue weighted by Gasteiger charge is 2.15. The molecule has 0 atom stereocenters. The minimum Gasteiger partial charge on any atom is -0.354 e. The second kappa shape index (κ2) is 8.16. The van der Waals surface area contributed by atoms with Crippen molar-refractivity contribution in [3.05, 3.63) is 108 Å². The summed E-state index contributed by atoms with van der Waals surface area (Å²) in [7, 11) is 0. The van der Waals surface area contributed by atoms with Gasteiger partial charge in [0.25, 0.3) is 0 Å². The van der Waals surface area contributed by atoms with E-state index in [0.717, 1.165) is 44.9 Å². The molecule has 0 saturated heterocycles. The summed E-state index contributed by atoms with van der Waals surface area (Å²) < 4.78 is 0. The first-order valence-electron chi connectivity index (χ1n) is 9.94. The quantitative estimate of drug-likeness (QED) is 0.318. The maximum atomic E-state index is 10.7. The summed E-state index contributed by atoms with van der Waals surface area (Å²) >= 11 is 0. The third-order valence-electron chi connectivity index (χ3n) is 5.04. The Kier molecular flexibility index (Phi) is 4.91. The molecule has 1 aromatic heterocycles. The molecule has 4 aromatic carbocycles. The Labute approximate surface area is 179 Å². The third-order valence-corrected chi connectivity index (χ3v) is 5.04. The zero-order valence-corrected chi connectivity index (χ0v) is 16.6. The van der Waals surface area contributed by atoms with Gasteiger partial charge in [0.1, 0.15) is 11.2 Å². The number of nitrogens with one attached hydrogen (secondary N) is 1. The van der Waals surface area contributed by atoms with Gasteiger partial charge in [-0.25, -0.2) is 9.97 Å². The average molecular weight is 402 g/mol. The monoisotopic (exact) mass is 402 g/mol. The van der Waals surface area contributed by atoms with Crippen LogP contribution in [0.4, 0.5) is 17.1 Å². The molecule has 0 unspecified atom stereocenters. The van der Waals surface area contributed by atoms with Crippen molar-refractivity contribution in [2.24, 2.45) is 5.18 Å². The van der Waals surface area contributed by atoms with Gasteiger partial charge in [0, 0.05) is 16.8 Å². The van der Waals surface area contributed by atoms with Gasteiger partial charge in [0.15, 0.2) is 0 Å². The van der Waals surface area contributed by atoms with Crippen LogP contribution in [0.25, 0.3) is 33.5 Å². The number of fused-ring (bicyclic) bond motifs is 1. The molecule has 0 spiro atoms. The highest BCUT2D eigenvalue weighted by molar-refractivity contribution is 5.94. The molecular formula is C26H18N4O. The highest BCUT2D eigenvalue weighted by atomic mass is 16.3. The molecule has 0 aliphatic rings. The van der Waals surface area contributed by atoms with Crippen molar-refractivity contribution >= 4 is 28.1 Å². The lowest BCUT2D eigenvalue weighted by Gasteiger charge is -2.14. The molecule has 0 aliphatic carbocycles. The fourth-order valence-corrected chi connectivity index (χ4v) is 3.53. The minimum absolute atomic E-state index is 0.391. The summed E-state index contributed by atoms with van der Waals surface area (Å²) in [5.74, 6) is 0. The van der Waals surface area contributed by atoms with E-state index in [-0.39, 0.29) is 0 Å². The van der Waals surface area contributed by atoms with E-state index in [1.807, 2.05) is 91.0 Å². The van der Waals surface area contributed by atoms with Crippen molar-refractivity contribution in [1.82, 2.24) is 9.97 Å². The standard InChI is InChI=1S/C26H18N4O/c31-30-21-16-14-20(15-17-21)27-22-12-7-13-23-26(22)29-25(19-10-5-2-6-11-19)24(28-23)18-8-3-1-4-9-18/h1-17,27H. The van der Waals surface area contributed by atoms with Gasteiger partial charge in [0.05, 0.1) is 22.6 Å². The second-order valence-electron chi connectivity index (χ2n) is 7.09. The second-order valence-corrected chi connectivity index (χ2v) is 7.09. The first kappa shape index (κ1) is 18.6. The molecule has 5 aromatic rings. The van der Waals surface area contributed by atoms with Crippen LogP contribution in [0, 0.1) is 4.91 Å². The van der Waals surface area contributed by atoms with Crippen LogP contribution in [-0.4, -0.2) is 9.97 Å². The summed E-state index contributed by atoms with van der Waals surface area (Å²) in [6, 6.07) is 33.1. The van der Waals surface area contributed by atoms with Crippen molar-refractivity contribution in [1.29, 1.82) is 0 Å². The first-order valence-corrected chi connectivity index (χ1v) is 9.94. The molecule has 0 bridgehead atoms. The van der Waals surface area contributed by atoms with Crippen LogP contribution in [0.3, 0.4) is 0 Å². The van der Waals surface area contributed by atoms with E-state index >= 15 is 0 Å². The number of hydrogen-bond donors (Lipinski definition) is 1. The minimum atomic E-state index is 0.391. The van der Waals surface area contributed by atoms with E-state index in [1.54, 1.807) is 12.1 Å². The van der Waals surface area contributed by atoms with E-state index in [0.29, 0.717) is 5.69 Å². The number of rotatable bonds is 5. The van der Waals surface area contributed by atoms with Gasteiger partial charge < -0.3 is 5.32 Å². The predicted molar refractivity (Wildman–Crippen MR) is 126 cm³/mol.